The summed E-state index contributed by atoms with van der Waals surface area (Å²) in [7, 11) is 3.35. The number of nitrogens with zero attached hydrogens (tertiary/aromatic N) is 1. The Hall–Kier alpha value is -3.27. The van der Waals surface area contributed by atoms with Gasteiger partial charge in [0.1, 0.15) is 30.3 Å². The number of ether oxygens (including phenoxy) is 3. The van der Waals surface area contributed by atoms with Crippen LogP contribution < -0.4 is 9.47 Å². The Labute approximate surface area is 186 Å². The van der Waals surface area contributed by atoms with Gasteiger partial charge in [0.05, 0.1) is 20.8 Å². The van der Waals surface area contributed by atoms with Gasteiger partial charge in [-0.1, -0.05) is 18.2 Å². The van der Waals surface area contributed by atoms with Crippen LogP contribution in [0.1, 0.15) is 31.9 Å². The molecule has 0 saturated carbocycles. The first-order valence-electron chi connectivity index (χ1n) is 10.7. The molecule has 0 saturated heterocycles. The summed E-state index contributed by atoms with van der Waals surface area (Å²) < 4.78 is 18.7. The van der Waals surface area contributed by atoms with Crippen LogP contribution in [0.15, 0.2) is 78.9 Å². The summed E-state index contributed by atoms with van der Waals surface area (Å²) >= 11 is 0. The Bertz CT molecular complexity index is 914. The Morgan fingerprint density at radius 2 is 1.29 bits per heavy atom. The van der Waals surface area contributed by atoms with Gasteiger partial charge in [0.15, 0.2) is 0 Å². The number of methoxy groups -OCH3 is 2. The maximum absolute atomic E-state index is 5.81. The molecule has 0 spiro atoms. The van der Waals surface area contributed by atoms with Crippen molar-refractivity contribution in [3.05, 3.63) is 90.0 Å². The van der Waals surface area contributed by atoms with E-state index in [1.165, 1.54) is 5.71 Å². The van der Waals surface area contributed by atoms with Crippen LogP contribution in [0.25, 0.3) is 5.76 Å². The molecule has 2 aromatic rings. The van der Waals surface area contributed by atoms with E-state index in [1.807, 2.05) is 61.5 Å². The van der Waals surface area contributed by atoms with Crippen molar-refractivity contribution in [2.75, 3.05) is 33.9 Å². The van der Waals surface area contributed by atoms with Gasteiger partial charge >= 0.3 is 0 Å². The SMILES string of the molecule is CCO\C(=C/C=C/C=C/C(c1ccc(OC)cc1)=[N+](CC)CC)c1ccc(OC)cc1. The molecule has 0 unspecified atom stereocenters. The maximum atomic E-state index is 5.81. The van der Waals surface area contributed by atoms with Gasteiger partial charge in [0, 0.05) is 17.2 Å². The highest BCUT2D eigenvalue weighted by atomic mass is 16.5. The molecule has 0 aromatic heterocycles. The first kappa shape index (κ1) is 24.0. The second-order valence-electron chi connectivity index (χ2n) is 6.72. The number of rotatable bonds is 11. The normalized spacial score (nSPS) is 11.7. The third-order valence-corrected chi connectivity index (χ3v) is 4.89. The molecule has 2 rings (SSSR count). The zero-order chi connectivity index (χ0) is 22.5. The lowest BCUT2D eigenvalue weighted by atomic mass is 10.1. The van der Waals surface area contributed by atoms with E-state index in [-0.39, 0.29) is 0 Å². The third kappa shape index (κ3) is 7.18. The van der Waals surface area contributed by atoms with E-state index in [4.69, 9.17) is 14.2 Å². The van der Waals surface area contributed by atoms with E-state index >= 15 is 0 Å². The fraction of sp³-hybridized carbons (Fsp3) is 0.296. The Morgan fingerprint density at radius 3 is 1.77 bits per heavy atom. The molecule has 4 heteroatoms. The second-order valence-corrected chi connectivity index (χ2v) is 6.72. The Kier molecular flexibility index (Phi) is 10.2. The minimum atomic E-state index is 0.610. The van der Waals surface area contributed by atoms with Crippen molar-refractivity contribution in [1.29, 1.82) is 0 Å². The van der Waals surface area contributed by atoms with Crippen LogP contribution in [0.2, 0.25) is 0 Å². The first-order valence-corrected chi connectivity index (χ1v) is 10.7. The van der Waals surface area contributed by atoms with Gasteiger partial charge in [-0.3, -0.25) is 0 Å². The van der Waals surface area contributed by atoms with Crippen LogP contribution in [0.3, 0.4) is 0 Å². The fourth-order valence-corrected chi connectivity index (χ4v) is 3.20. The van der Waals surface area contributed by atoms with E-state index < -0.39 is 0 Å². The zero-order valence-electron chi connectivity index (χ0n) is 19.3. The standard InChI is InChI=1S/C27H34NO3/c1-6-28(7-2)26(22-14-18-24(29-4)19-15-22)12-10-9-11-13-27(31-8-3)23-16-20-25(30-5)21-17-23/h9-21H,6-8H2,1-5H3/q+1/b11-9+,12-10+,27-13-. The quantitative estimate of drug-likeness (QED) is 0.201. The lowest BCUT2D eigenvalue weighted by Crippen LogP contribution is -2.20. The molecule has 0 heterocycles. The van der Waals surface area contributed by atoms with Crippen molar-refractivity contribution in [3.63, 3.8) is 0 Å². The molecule has 164 valence electrons. The Morgan fingerprint density at radius 1 is 0.742 bits per heavy atom. The van der Waals surface area contributed by atoms with Crippen molar-refractivity contribution in [3.8, 4) is 11.5 Å². The van der Waals surface area contributed by atoms with Gasteiger partial charge in [-0.2, -0.15) is 0 Å². The largest absolute Gasteiger partial charge is 0.497 e. The molecule has 0 aliphatic rings. The number of allylic oxidation sites excluding steroid dienone is 5. The average molecular weight is 421 g/mol. The lowest BCUT2D eigenvalue weighted by molar-refractivity contribution is -0.519. The van der Waals surface area contributed by atoms with Crippen LogP contribution in [-0.4, -0.2) is 44.2 Å². The molecule has 2 aromatic carbocycles. The first-order chi connectivity index (χ1) is 15.2. The topological polar surface area (TPSA) is 30.7 Å². The van der Waals surface area contributed by atoms with E-state index in [9.17, 15) is 0 Å². The summed E-state index contributed by atoms with van der Waals surface area (Å²) in [5.74, 6) is 2.52. The summed E-state index contributed by atoms with van der Waals surface area (Å²) in [6, 6.07) is 16.1. The molecule has 0 aliphatic carbocycles. The molecular formula is C27H34NO3+. The third-order valence-electron chi connectivity index (χ3n) is 4.89. The average Bonchev–Trinajstić information content (AvgIpc) is 2.83. The summed E-state index contributed by atoms with van der Waals surface area (Å²) in [5, 5.41) is 0. The van der Waals surface area contributed by atoms with Crippen molar-refractivity contribution >= 4 is 11.5 Å². The van der Waals surface area contributed by atoms with Crippen LogP contribution in [0, 0.1) is 0 Å². The smallest absolute Gasteiger partial charge is 0.207 e. The molecule has 31 heavy (non-hydrogen) atoms. The summed E-state index contributed by atoms with van der Waals surface area (Å²) in [6.07, 6.45) is 10.2. The van der Waals surface area contributed by atoms with Crippen molar-refractivity contribution < 1.29 is 18.8 Å². The van der Waals surface area contributed by atoms with E-state index in [1.54, 1.807) is 14.2 Å². The number of hydrogen-bond acceptors (Lipinski definition) is 3. The van der Waals surface area contributed by atoms with Crippen LogP contribution in [0.4, 0.5) is 0 Å². The number of hydrogen-bond donors (Lipinski definition) is 0. The van der Waals surface area contributed by atoms with Gasteiger partial charge < -0.3 is 14.2 Å². The molecular weight excluding hydrogens is 386 g/mol. The molecule has 0 aliphatic heterocycles. The summed E-state index contributed by atoms with van der Waals surface area (Å²) in [6.45, 7) is 8.82. The predicted molar refractivity (Wildman–Crippen MR) is 129 cm³/mol. The molecule has 0 amide bonds. The van der Waals surface area contributed by atoms with Crippen LogP contribution in [-0.2, 0) is 4.74 Å². The second kappa shape index (κ2) is 13.1. The van der Waals surface area contributed by atoms with Gasteiger partial charge in [-0.25, -0.2) is 4.58 Å². The molecule has 0 radical (unpaired) electrons. The molecule has 0 N–H and O–H groups in total. The van der Waals surface area contributed by atoms with Gasteiger partial charge in [0.2, 0.25) is 5.71 Å². The summed E-state index contributed by atoms with van der Waals surface area (Å²) in [4.78, 5) is 0. The highest BCUT2D eigenvalue weighted by Crippen LogP contribution is 2.20. The molecule has 0 bridgehead atoms. The fourth-order valence-electron chi connectivity index (χ4n) is 3.20. The molecule has 0 fully saturated rings. The van der Waals surface area contributed by atoms with Crippen molar-refractivity contribution in [2.24, 2.45) is 0 Å². The molecule has 4 nitrogen and oxygen atoms in total. The minimum absolute atomic E-state index is 0.610. The Balaban J connectivity index is 2.23. The predicted octanol–water partition coefficient (Wildman–Crippen LogP) is 5.74. The van der Waals surface area contributed by atoms with E-state index in [0.717, 1.165) is 41.5 Å². The highest BCUT2D eigenvalue weighted by molar-refractivity contribution is 6.05. The van der Waals surface area contributed by atoms with E-state index in [2.05, 4.69) is 42.7 Å². The van der Waals surface area contributed by atoms with Crippen molar-refractivity contribution in [1.82, 2.24) is 0 Å². The van der Waals surface area contributed by atoms with Crippen LogP contribution in [0.5, 0.6) is 11.5 Å². The van der Waals surface area contributed by atoms with Crippen molar-refractivity contribution in [2.45, 2.75) is 20.8 Å². The van der Waals surface area contributed by atoms with Gasteiger partial charge in [0.25, 0.3) is 0 Å². The minimum Gasteiger partial charge on any atom is -0.497 e. The number of benzene rings is 2. The lowest BCUT2D eigenvalue weighted by Gasteiger charge is -2.08. The zero-order valence-corrected chi connectivity index (χ0v) is 19.3. The molecule has 0 atom stereocenters. The van der Waals surface area contributed by atoms with Crippen LogP contribution >= 0.6 is 0 Å². The maximum Gasteiger partial charge on any atom is 0.207 e. The highest BCUT2D eigenvalue weighted by Gasteiger charge is 2.11. The summed E-state index contributed by atoms with van der Waals surface area (Å²) in [5.41, 5.74) is 3.37. The van der Waals surface area contributed by atoms with Gasteiger partial charge in [-0.05, 0) is 75.4 Å². The van der Waals surface area contributed by atoms with Gasteiger partial charge in [-0.15, -0.1) is 0 Å². The van der Waals surface area contributed by atoms with E-state index in [0.29, 0.717) is 6.61 Å². The monoisotopic (exact) mass is 420 g/mol.